The second-order valence-corrected chi connectivity index (χ2v) is 13.5. The van der Waals surface area contributed by atoms with Crippen molar-refractivity contribution >= 4 is 60.7 Å². The van der Waals surface area contributed by atoms with Crippen molar-refractivity contribution in [3.05, 3.63) is 52.1 Å². The topological polar surface area (TPSA) is 135 Å². The van der Waals surface area contributed by atoms with Crippen LogP contribution in [-0.4, -0.2) is 69.4 Å². The fourth-order valence-electron chi connectivity index (χ4n) is 7.05. The van der Waals surface area contributed by atoms with E-state index >= 15 is 8.78 Å². The second kappa shape index (κ2) is 11.5. The summed E-state index contributed by atoms with van der Waals surface area (Å²) in [6.45, 7) is 0.826. The van der Waals surface area contributed by atoms with Crippen molar-refractivity contribution < 1.29 is 27.4 Å². The summed E-state index contributed by atoms with van der Waals surface area (Å²) in [7, 11) is 1.96. The number of nitriles is 1. The van der Waals surface area contributed by atoms with Gasteiger partial charge in [0.25, 0.3) is 0 Å². The van der Waals surface area contributed by atoms with Gasteiger partial charge in [-0.3, -0.25) is 9.69 Å². The fourth-order valence-corrected chi connectivity index (χ4v) is 8.33. The van der Waals surface area contributed by atoms with Gasteiger partial charge in [0, 0.05) is 23.4 Å². The highest BCUT2D eigenvalue weighted by molar-refractivity contribution is 7.23. The van der Waals surface area contributed by atoms with E-state index in [0.717, 1.165) is 47.7 Å². The number of nitrogen functional groups attached to an aromatic ring is 1. The molecular formula is C32H26ClF3N8O3S. The molecule has 246 valence electrons. The first-order valence-electron chi connectivity index (χ1n) is 15.3. The number of carbonyl (C=O) groups excluding carboxylic acids is 1. The zero-order valence-corrected chi connectivity index (χ0v) is 27.0. The van der Waals surface area contributed by atoms with Crippen LogP contribution in [0.15, 0.2) is 18.3 Å². The van der Waals surface area contributed by atoms with Crippen LogP contribution in [0, 0.1) is 28.8 Å². The third-order valence-electron chi connectivity index (χ3n) is 9.35. The minimum atomic E-state index is -0.882. The molecule has 8 rings (SSSR count). The summed E-state index contributed by atoms with van der Waals surface area (Å²) in [6.07, 6.45) is 2.40. The number of benzene rings is 2. The van der Waals surface area contributed by atoms with E-state index in [0.29, 0.717) is 0 Å². The lowest BCUT2D eigenvalue weighted by atomic mass is 9.96. The van der Waals surface area contributed by atoms with Crippen molar-refractivity contribution in [1.29, 1.82) is 5.26 Å². The van der Waals surface area contributed by atoms with Crippen LogP contribution >= 0.6 is 22.9 Å². The van der Waals surface area contributed by atoms with E-state index in [4.69, 9.17) is 31.8 Å². The Kier molecular flexibility index (Phi) is 7.35. The summed E-state index contributed by atoms with van der Waals surface area (Å²) in [4.78, 5) is 26.4. The number of halogens is 4. The molecule has 11 nitrogen and oxygen atoms in total. The average molecular weight is 695 g/mol. The van der Waals surface area contributed by atoms with E-state index in [1.807, 2.05) is 13.1 Å². The number of hydrogen-bond donors (Lipinski definition) is 1. The number of hydrogen-bond acceptors (Lipinski definition) is 11. The zero-order chi connectivity index (χ0) is 33.4. The maximum atomic E-state index is 17.2. The predicted molar refractivity (Wildman–Crippen MR) is 173 cm³/mol. The number of anilines is 2. The number of rotatable bonds is 2. The van der Waals surface area contributed by atoms with E-state index in [1.54, 1.807) is 4.90 Å². The summed E-state index contributed by atoms with van der Waals surface area (Å²) in [5.41, 5.74) is 5.86. The van der Waals surface area contributed by atoms with Crippen molar-refractivity contribution in [3.8, 4) is 29.0 Å². The molecule has 2 aromatic carbocycles. The molecule has 0 aliphatic carbocycles. The zero-order valence-electron chi connectivity index (χ0n) is 25.4. The molecule has 3 aromatic heterocycles. The van der Waals surface area contributed by atoms with Crippen molar-refractivity contribution in [2.45, 2.75) is 44.4 Å². The molecule has 5 aromatic rings. The Morgan fingerprint density at radius 1 is 1.15 bits per heavy atom. The first-order valence-corrected chi connectivity index (χ1v) is 16.5. The first kappa shape index (κ1) is 30.7. The molecule has 2 bridgehead atoms. The van der Waals surface area contributed by atoms with E-state index < -0.39 is 23.6 Å². The highest BCUT2D eigenvalue weighted by Gasteiger charge is 2.36. The standard InChI is InChI=1S/C32H26ClF3N8O3S/c1-42-8-2-3-18(42)20-6-7-21(45)44-19(17(35)12-39-44)13-43-9-10-46-28-24-27(40-32(47-20)41-31(24)43)26(36)23(25(28)33)14-4-5-16(34)29-22(14)15(11-37)30(38)48-29/h4-5,12,18,20H,2-3,6-10,13,38H2,1H3/t18-,20?/m0/s1. The molecule has 2 N–H and O–H groups in total. The molecule has 3 aliphatic rings. The Hall–Kier alpha value is -4.65. The van der Waals surface area contributed by atoms with Crippen molar-refractivity contribution in [2.75, 3.05) is 37.4 Å². The van der Waals surface area contributed by atoms with Gasteiger partial charge in [-0.1, -0.05) is 17.7 Å². The number of likely N-dealkylation sites (tertiary alicyclic amines) is 1. The summed E-state index contributed by atoms with van der Waals surface area (Å²) < 4.78 is 61.1. The number of aromatic nitrogens is 4. The molecule has 48 heavy (non-hydrogen) atoms. The largest absolute Gasteiger partial charge is 0.489 e. The third-order valence-corrected chi connectivity index (χ3v) is 10.7. The van der Waals surface area contributed by atoms with Gasteiger partial charge in [-0.05, 0) is 44.5 Å². The van der Waals surface area contributed by atoms with Gasteiger partial charge in [0.1, 0.15) is 46.6 Å². The van der Waals surface area contributed by atoms with Crippen molar-refractivity contribution in [3.63, 3.8) is 0 Å². The number of likely N-dealkylation sites (N-methyl/N-ethyl adjacent to an activating group) is 1. The van der Waals surface area contributed by atoms with E-state index in [9.17, 15) is 14.4 Å². The first-order chi connectivity index (χ1) is 23.2. The molecule has 0 amide bonds. The van der Waals surface area contributed by atoms with Gasteiger partial charge in [-0.25, -0.2) is 13.2 Å². The third kappa shape index (κ3) is 4.65. The van der Waals surface area contributed by atoms with Gasteiger partial charge in [0.05, 0.1) is 40.0 Å². The lowest BCUT2D eigenvalue weighted by molar-refractivity contribution is 0.0732. The number of thiophene rings is 1. The molecule has 1 unspecified atom stereocenters. The summed E-state index contributed by atoms with van der Waals surface area (Å²) in [5, 5.41) is 14.1. The SMILES string of the molecule is CN1CCC[C@H]1C1CCC(=O)n2ncc(F)c2CN2CCOc3c(Cl)c(-c4ccc(F)c5sc(N)c(C#N)c45)c(F)c4nc(nc2c34)O1. The maximum absolute atomic E-state index is 17.2. The summed E-state index contributed by atoms with van der Waals surface area (Å²) in [6, 6.07) is 4.28. The van der Waals surface area contributed by atoms with Crippen LogP contribution < -0.4 is 20.1 Å². The van der Waals surface area contributed by atoms with Crippen LogP contribution in [0.4, 0.5) is 24.0 Å². The van der Waals surface area contributed by atoms with E-state index in [1.165, 1.54) is 6.07 Å². The van der Waals surface area contributed by atoms with Gasteiger partial charge in [0.15, 0.2) is 17.4 Å². The highest BCUT2D eigenvalue weighted by Crippen LogP contribution is 2.51. The number of ether oxygens (including phenoxy) is 2. The smallest absolute Gasteiger partial charge is 0.319 e. The number of fused-ring (bicyclic) bond motifs is 3. The number of nitrogens with zero attached hydrogens (tertiary/aromatic N) is 7. The highest BCUT2D eigenvalue weighted by atomic mass is 35.5. The Morgan fingerprint density at radius 3 is 2.75 bits per heavy atom. The summed E-state index contributed by atoms with van der Waals surface area (Å²) >= 11 is 7.85. The quantitative estimate of drug-likeness (QED) is 0.238. The Balaban J connectivity index is 1.41. The average Bonchev–Trinajstić information content (AvgIpc) is 3.72. The molecular weight excluding hydrogens is 669 g/mol. The van der Waals surface area contributed by atoms with Crippen molar-refractivity contribution in [1.82, 2.24) is 24.6 Å². The lowest BCUT2D eigenvalue weighted by Gasteiger charge is -2.30. The molecule has 1 saturated heterocycles. The monoisotopic (exact) mass is 694 g/mol. The van der Waals surface area contributed by atoms with Crippen LogP contribution in [0.2, 0.25) is 5.02 Å². The van der Waals surface area contributed by atoms with Crippen LogP contribution in [0.3, 0.4) is 0 Å². The minimum absolute atomic E-state index is 0.00316. The minimum Gasteiger partial charge on any atom is -0.489 e. The van der Waals surface area contributed by atoms with Gasteiger partial charge < -0.3 is 20.1 Å². The van der Waals surface area contributed by atoms with Gasteiger partial charge in [-0.15, -0.1) is 11.3 Å². The molecule has 3 aliphatic heterocycles. The van der Waals surface area contributed by atoms with Crippen molar-refractivity contribution in [2.24, 2.45) is 0 Å². The normalized spacial score (nSPS) is 19.8. The van der Waals surface area contributed by atoms with E-state index in [-0.39, 0.29) is 115 Å². The lowest BCUT2D eigenvalue weighted by Crippen LogP contribution is -2.41. The molecule has 1 fully saturated rings. The van der Waals surface area contributed by atoms with Crippen LogP contribution in [-0.2, 0) is 6.54 Å². The maximum Gasteiger partial charge on any atom is 0.319 e. The number of nitrogens with two attached hydrogens (primary N) is 1. The van der Waals surface area contributed by atoms with Crippen LogP contribution in [0.1, 0.15) is 41.7 Å². The molecule has 0 radical (unpaired) electrons. The Labute approximate surface area is 280 Å². The Bertz CT molecular complexity index is 2220. The molecule has 0 saturated carbocycles. The van der Waals surface area contributed by atoms with Crippen LogP contribution in [0.25, 0.3) is 32.1 Å². The fraction of sp³-hybridized carbons (Fsp3) is 0.344. The molecule has 6 heterocycles. The Morgan fingerprint density at radius 2 is 1.98 bits per heavy atom. The van der Waals surface area contributed by atoms with Gasteiger partial charge in [-0.2, -0.15) is 25.0 Å². The molecule has 16 heteroatoms. The van der Waals surface area contributed by atoms with Crippen LogP contribution in [0.5, 0.6) is 11.8 Å². The number of carbonyl (C=O) groups is 1. The van der Waals surface area contributed by atoms with Gasteiger partial charge >= 0.3 is 6.01 Å². The predicted octanol–water partition coefficient (Wildman–Crippen LogP) is 5.91. The molecule has 0 spiro atoms. The van der Waals surface area contributed by atoms with Gasteiger partial charge in [0.2, 0.25) is 5.91 Å². The summed E-state index contributed by atoms with van der Waals surface area (Å²) in [5.74, 6) is -2.36. The molecule has 2 atom stereocenters. The van der Waals surface area contributed by atoms with E-state index in [2.05, 4.69) is 15.0 Å². The second-order valence-electron chi connectivity index (χ2n) is 12.0.